The van der Waals surface area contributed by atoms with Gasteiger partial charge in [-0.05, 0) is 56.2 Å². The van der Waals surface area contributed by atoms with Crippen molar-refractivity contribution in [2.75, 3.05) is 0 Å². The average molecular weight is 272 g/mol. The van der Waals surface area contributed by atoms with Crippen LogP contribution in [0.3, 0.4) is 0 Å². The van der Waals surface area contributed by atoms with Crippen molar-refractivity contribution in [3.8, 4) is 0 Å². The SMILES string of the molecule is C=Cc1c(CCCC(C)=O)cccc1CCCC(C)=O. The molecule has 0 heterocycles. The van der Waals surface area contributed by atoms with E-state index in [1.54, 1.807) is 13.8 Å². The van der Waals surface area contributed by atoms with Gasteiger partial charge in [-0.2, -0.15) is 0 Å². The van der Waals surface area contributed by atoms with Crippen LogP contribution in [0.4, 0.5) is 0 Å². The molecule has 0 aromatic heterocycles. The van der Waals surface area contributed by atoms with Crippen LogP contribution < -0.4 is 0 Å². The second-order valence-electron chi connectivity index (χ2n) is 5.31. The Morgan fingerprint density at radius 1 is 1.00 bits per heavy atom. The molecular formula is C18H24O2. The maximum absolute atomic E-state index is 11.0. The standard InChI is InChI=1S/C18H24O2/c1-4-18-16(10-5-8-14(2)19)12-7-13-17(18)11-6-9-15(3)20/h4,7,12-13H,1,5-6,8-11H2,2-3H3. The molecule has 0 atom stereocenters. The van der Waals surface area contributed by atoms with Gasteiger partial charge in [0.25, 0.3) is 0 Å². The summed E-state index contributed by atoms with van der Waals surface area (Å²) in [5.41, 5.74) is 3.68. The summed E-state index contributed by atoms with van der Waals surface area (Å²) in [6.07, 6.45) is 6.73. The van der Waals surface area contributed by atoms with Crippen molar-refractivity contribution >= 4 is 17.6 Å². The highest BCUT2D eigenvalue weighted by atomic mass is 16.1. The molecule has 2 heteroatoms. The largest absolute Gasteiger partial charge is 0.300 e. The third-order valence-electron chi connectivity index (χ3n) is 3.44. The summed E-state index contributed by atoms with van der Waals surface area (Å²) in [7, 11) is 0. The van der Waals surface area contributed by atoms with Gasteiger partial charge in [0.15, 0.2) is 0 Å². The van der Waals surface area contributed by atoms with Crippen molar-refractivity contribution in [2.24, 2.45) is 0 Å². The first kappa shape index (κ1) is 16.4. The van der Waals surface area contributed by atoms with Gasteiger partial charge in [0.05, 0.1) is 0 Å². The normalized spacial score (nSPS) is 10.3. The Bertz CT molecular complexity index is 448. The number of rotatable bonds is 9. The van der Waals surface area contributed by atoms with Crippen molar-refractivity contribution in [1.29, 1.82) is 0 Å². The van der Waals surface area contributed by atoms with E-state index in [2.05, 4.69) is 24.8 Å². The zero-order valence-electron chi connectivity index (χ0n) is 12.6. The Kier molecular flexibility index (Phi) is 6.92. The molecule has 1 rings (SSSR count). The molecule has 1 aromatic rings. The van der Waals surface area contributed by atoms with Crippen LogP contribution in [0.5, 0.6) is 0 Å². The molecule has 0 aliphatic heterocycles. The Labute approximate surface area is 121 Å². The minimum Gasteiger partial charge on any atom is -0.300 e. The summed E-state index contributed by atoms with van der Waals surface area (Å²) in [6.45, 7) is 7.17. The van der Waals surface area contributed by atoms with Crippen molar-refractivity contribution in [1.82, 2.24) is 0 Å². The fraction of sp³-hybridized carbons (Fsp3) is 0.444. The minimum absolute atomic E-state index is 0.239. The Morgan fingerprint density at radius 3 is 1.80 bits per heavy atom. The predicted octanol–water partition coefficient (Wildman–Crippen LogP) is 4.15. The Hall–Kier alpha value is -1.70. The zero-order valence-corrected chi connectivity index (χ0v) is 12.6. The van der Waals surface area contributed by atoms with Crippen molar-refractivity contribution < 1.29 is 9.59 Å². The number of carbonyl (C=O) groups is 2. The molecule has 0 bridgehead atoms. The predicted molar refractivity (Wildman–Crippen MR) is 83.8 cm³/mol. The number of carbonyl (C=O) groups excluding carboxylic acids is 2. The molecule has 0 amide bonds. The van der Waals surface area contributed by atoms with Crippen LogP contribution in [0, 0.1) is 0 Å². The smallest absolute Gasteiger partial charge is 0.129 e. The van der Waals surface area contributed by atoms with Gasteiger partial charge < -0.3 is 9.59 Å². The summed E-state index contributed by atoms with van der Waals surface area (Å²) in [5, 5.41) is 0. The van der Waals surface area contributed by atoms with Crippen LogP contribution in [0.2, 0.25) is 0 Å². The maximum atomic E-state index is 11.0. The summed E-state index contributed by atoms with van der Waals surface area (Å²) in [5.74, 6) is 0.477. The topological polar surface area (TPSA) is 34.1 Å². The van der Waals surface area contributed by atoms with Crippen molar-refractivity contribution in [2.45, 2.75) is 52.4 Å². The third-order valence-corrected chi connectivity index (χ3v) is 3.44. The Balaban J connectivity index is 2.72. The van der Waals surface area contributed by atoms with Crippen LogP contribution in [0.1, 0.15) is 56.2 Å². The molecule has 0 saturated carbocycles. The van der Waals surface area contributed by atoms with Gasteiger partial charge in [0.1, 0.15) is 11.6 Å². The lowest BCUT2D eigenvalue weighted by molar-refractivity contribution is -0.117. The van der Waals surface area contributed by atoms with Crippen LogP contribution in [0.15, 0.2) is 24.8 Å². The monoisotopic (exact) mass is 272 g/mol. The fourth-order valence-corrected chi connectivity index (χ4v) is 2.42. The summed E-state index contributed by atoms with van der Waals surface area (Å²) >= 11 is 0. The highest BCUT2D eigenvalue weighted by Gasteiger charge is 2.06. The van der Waals surface area contributed by atoms with E-state index in [9.17, 15) is 9.59 Å². The van der Waals surface area contributed by atoms with Crippen molar-refractivity contribution in [3.63, 3.8) is 0 Å². The van der Waals surface area contributed by atoms with Gasteiger partial charge in [-0.25, -0.2) is 0 Å². The first-order chi connectivity index (χ1) is 9.54. The number of hydrogen-bond donors (Lipinski definition) is 0. The number of Topliss-reactive ketones (excluding diaryl/α,β-unsaturated/α-hetero) is 2. The Morgan fingerprint density at radius 2 is 1.45 bits per heavy atom. The third kappa shape index (κ3) is 5.52. The molecule has 0 N–H and O–H groups in total. The molecule has 0 fully saturated rings. The number of hydrogen-bond acceptors (Lipinski definition) is 2. The van der Waals surface area contributed by atoms with Crippen LogP contribution in [-0.2, 0) is 22.4 Å². The molecule has 108 valence electrons. The van der Waals surface area contributed by atoms with Gasteiger partial charge >= 0.3 is 0 Å². The molecule has 20 heavy (non-hydrogen) atoms. The van der Waals surface area contributed by atoms with Gasteiger partial charge in [-0.1, -0.05) is 30.9 Å². The van der Waals surface area contributed by atoms with E-state index in [-0.39, 0.29) is 11.6 Å². The summed E-state index contributed by atoms with van der Waals surface area (Å²) in [4.78, 5) is 22.0. The average Bonchev–Trinajstić information content (AvgIpc) is 2.38. The molecule has 1 aromatic carbocycles. The molecule has 0 aliphatic rings. The van der Waals surface area contributed by atoms with Crippen LogP contribution in [0.25, 0.3) is 6.08 Å². The lowest BCUT2D eigenvalue weighted by atomic mass is 9.94. The zero-order chi connectivity index (χ0) is 15.0. The molecule has 0 spiro atoms. The van der Waals surface area contributed by atoms with E-state index in [4.69, 9.17) is 0 Å². The van der Waals surface area contributed by atoms with Gasteiger partial charge in [0, 0.05) is 12.8 Å². The van der Waals surface area contributed by atoms with Crippen LogP contribution >= 0.6 is 0 Å². The van der Waals surface area contributed by atoms with E-state index >= 15 is 0 Å². The van der Waals surface area contributed by atoms with E-state index < -0.39 is 0 Å². The molecule has 0 saturated heterocycles. The van der Waals surface area contributed by atoms with Gasteiger partial charge in [0.2, 0.25) is 0 Å². The second kappa shape index (κ2) is 8.47. The lowest BCUT2D eigenvalue weighted by Crippen LogP contribution is -1.99. The minimum atomic E-state index is 0.239. The van der Waals surface area contributed by atoms with E-state index in [1.807, 2.05) is 6.08 Å². The number of benzene rings is 1. The molecular weight excluding hydrogens is 248 g/mol. The highest BCUT2D eigenvalue weighted by molar-refractivity contribution is 5.75. The quantitative estimate of drug-likeness (QED) is 0.676. The second-order valence-corrected chi connectivity index (χ2v) is 5.31. The number of aryl methyl sites for hydroxylation is 2. The van der Waals surface area contributed by atoms with E-state index in [1.165, 1.54) is 16.7 Å². The van der Waals surface area contributed by atoms with E-state index in [0.29, 0.717) is 12.8 Å². The van der Waals surface area contributed by atoms with Gasteiger partial charge in [-0.3, -0.25) is 0 Å². The van der Waals surface area contributed by atoms with E-state index in [0.717, 1.165) is 25.7 Å². The summed E-state index contributed by atoms with van der Waals surface area (Å²) in [6, 6.07) is 6.26. The maximum Gasteiger partial charge on any atom is 0.129 e. The molecule has 0 unspecified atom stereocenters. The van der Waals surface area contributed by atoms with Crippen molar-refractivity contribution in [3.05, 3.63) is 41.5 Å². The highest BCUT2D eigenvalue weighted by Crippen LogP contribution is 2.20. The van der Waals surface area contributed by atoms with Crippen LogP contribution in [-0.4, -0.2) is 11.6 Å². The first-order valence-corrected chi connectivity index (χ1v) is 7.26. The number of ketones is 2. The lowest BCUT2D eigenvalue weighted by Gasteiger charge is -2.11. The van der Waals surface area contributed by atoms with Gasteiger partial charge in [-0.15, -0.1) is 0 Å². The molecule has 0 aliphatic carbocycles. The summed E-state index contributed by atoms with van der Waals surface area (Å²) < 4.78 is 0. The molecule has 0 radical (unpaired) electrons. The fourth-order valence-electron chi connectivity index (χ4n) is 2.42. The molecule has 2 nitrogen and oxygen atoms in total. The first-order valence-electron chi connectivity index (χ1n) is 7.26.